The van der Waals surface area contributed by atoms with Crippen molar-refractivity contribution in [3.05, 3.63) is 0 Å². The molecule has 0 nitrogen and oxygen atoms in total. The van der Waals surface area contributed by atoms with Crippen molar-refractivity contribution in [2.45, 2.75) is 188 Å². The third kappa shape index (κ3) is 29.7. The van der Waals surface area contributed by atoms with E-state index in [1.165, 1.54) is 154 Å². The number of hydrogen-bond donors (Lipinski definition) is 0. The summed E-state index contributed by atoms with van der Waals surface area (Å²) in [4.78, 5) is 0. The Balaban J connectivity index is 4.43. The fourth-order valence-corrected chi connectivity index (χ4v) is 11.1. The van der Waals surface area contributed by atoms with E-state index in [0.29, 0.717) is 15.8 Å². The normalized spacial score (nSPS) is 11.8. The van der Waals surface area contributed by atoms with Crippen LogP contribution >= 0.6 is 15.8 Å². The van der Waals surface area contributed by atoms with E-state index in [-0.39, 0.29) is 0 Å². The van der Waals surface area contributed by atoms with Crippen molar-refractivity contribution in [1.29, 1.82) is 0 Å². The molecule has 0 fully saturated rings. The van der Waals surface area contributed by atoms with Crippen LogP contribution in [0.1, 0.15) is 188 Å². The molecule has 0 spiro atoms. The average Bonchev–Trinajstić information content (AvgIpc) is 2.91. The second kappa shape index (κ2) is 33.1. The first-order valence-electron chi connectivity index (χ1n) is 17.7. The molecule has 0 N–H and O–H groups in total. The summed E-state index contributed by atoms with van der Waals surface area (Å²) in [6, 6.07) is 0. The van der Waals surface area contributed by atoms with Gasteiger partial charge in [-0.1, -0.05) is 156 Å². The Labute approximate surface area is 240 Å². The topological polar surface area (TPSA) is 0 Å². The smallest absolute Gasteiger partial charge is 0.0323 e. The van der Waals surface area contributed by atoms with Crippen molar-refractivity contribution in [2.24, 2.45) is 0 Å². The molecule has 0 aromatic rings. The number of rotatable bonds is 32. The summed E-state index contributed by atoms with van der Waals surface area (Å²) in [7, 11) is 0.648. The first-order valence-corrected chi connectivity index (χ1v) is 21.5. The van der Waals surface area contributed by atoms with Crippen molar-refractivity contribution in [3.8, 4) is 0 Å². The van der Waals surface area contributed by atoms with Gasteiger partial charge in [-0.05, 0) is 69.1 Å². The van der Waals surface area contributed by atoms with Crippen LogP contribution in [0, 0.1) is 0 Å². The van der Waals surface area contributed by atoms with E-state index < -0.39 is 0 Å². The van der Waals surface area contributed by atoms with Gasteiger partial charge in [-0.15, -0.1) is 15.8 Å². The van der Waals surface area contributed by atoms with Gasteiger partial charge in [-0.2, -0.15) is 0 Å². The Bertz CT molecular complexity index is 329. The van der Waals surface area contributed by atoms with E-state index in [1.54, 1.807) is 43.4 Å². The summed E-state index contributed by atoms with van der Waals surface area (Å²) in [6.07, 6.45) is 46.6. The minimum Gasteiger partial charge on any atom is -0.107 e. The summed E-state index contributed by atoms with van der Waals surface area (Å²) < 4.78 is 0. The van der Waals surface area contributed by atoms with E-state index in [4.69, 9.17) is 0 Å². The molecule has 0 atom stereocenters. The van der Waals surface area contributed by atoms with Crippen LogP contribution in [0.2, 0.25) is 0 Å². The van der Waals surface area contributed by atoms with Gasteiger partial charge in [-0.25, -0.2) is 0 Å². The zero-order valence-electron chi connectivity index (χ0n) is 26.8. The molecule has 0 unspecified atom stereocenters. The fourth-order valence-electron chi connectivity index (χ4n) is 5.65. The van der Waals surface area contributed by atoms with Crippen molar-refractivity contribution in [1.82, 2.24) is 0 Å². The van der Waals surface area contributed by atoms with Crippen LogP contribution in [0.15, 0.2) is 0 Å². The molecule has 0 aliphatic carbocycles. The van der Waals surface area contributed by atoms with Crippen molar-refractivity contribution >= 4 is 15.8 Å². The lowest BCUT2D eigenvalue weighted by molar-refractivity contribution is 0.621. The van der Waals surface area contributed by atoms with Crippen molar-refractivity contribution in [2.75, 3.05) is 37.0 Å². The van der Waals surface area contributed by atoms with Gasteiger partial charge in [-0.3, -0.25) is 0 Å². The van der Waals surface area contributed by atoms with E-state index >= 15 is 0 Å². The van der Waals surface area contributed by atoms with Gasteiger partial charge in [0.15, 0.2) is 0 Å². The van der Waals surface area contributed by atoms with Gasteiger partial charge in [0.2, 0.25) is 0 Å². The number of hydrogen-bond acceptors (Lipinski definition) is 0. The molecule has 0 aromatic carbocycles. The van der Waals surface area contributed by atoms with Crippen LogP contribution in [0.5, 0.6) is 0 Å². The standard InChI is InChI=1S/C35H74P2/c1-5-9-13-17-21-25-30-36(31-26-22-18-14-10-6-2)34-29-35-37(32-27-23-19-15-11-7-3)33-28-24-20-16-12-8-4/h5-35H2,1-4H3. The highest BCUT2D eigenvalue weighted by molar-refractivity contribution is 7.58. The van der Waals surface area contributed by atoms with E-state index in [9.17, 15) is 0 Å². The van der Waals surface area contributed by atoms with Gasteiger partial charge in [0.25, 0.3) is 0 Å². The van der Waals surface area contributed by atoms with Gasteiger partial charge < -0.3 is 0 Å². The minimum atomic E-state index is 0.324. The molecule has 0 saturated heterocycles. The Hall–Kier alpha value is 0.860. The molecule has 2 heteroatoms. The predicted octanol–water partition coefficient (Wildman–Crippen LogP) is 13.8. The van der Waals surface area contributed by atoms with Crippen LogP contribution in [0.4, 0.5) is 0 Å². The molecule has 0 bridgehead atoms. The Morgan fingerprint density at radius 3 is 0.649 bits per heavy atom. The van der Waals surface area contributed by atoms with Gasteiger partial charge in [0.1, 0.15) is 0 Å². The zero-order chi connectivity index (χ0) is 27.1. The predicted molar refractivity (Wildman–Crippen MR) is 181 cm³/mol. The Morgan fingerprint density at radius 2 is 0.405 bits per heavy atom. The molecule has 0 saturated carbocycles. The molecule has 224 valence electrons. The Morgan fingerprint density at radius 1 is 0.216 bits per heavy atom. The van der Waals surface area contributed by atoms with Crippen LogP contribution in [0.3, 0.4) is 0 Å². The molecular formula is C35H74P2. The average molecular weight is 557 g/mol. The second-order valence-electron chi connectivity index (χ2n) is 12.1. The maximum Gasteiger partial charge on any atom is -0.0323 e. The van der Waals surface area contributed by atoms with Crippen LogP contribution in [0.25, 0.3) is 0 Å². The molecular weight excluding hydrogens is 482 g/mol. The molecule has 0 aromatic heterocycles. The highest BCUT2D eigenvalue weighted by Gasteiger charge is 2.12. The lowest BCUT2D eigenvalue weighted by Gasteiger charge is -2.22. The maximum absolute atomic E-state index is 2.34. The summed E-state index contributed by atoms with van der Waals surface area (Å²) >= 11 is 0. The first-order chi connectivity index (χ1) is 18.3. The highest BCUT2D eigenvalue weighted by Crippen LogP contribution is 2.43. The summed E-state index contributed by atoms with van der Waals surface area (Å²) in [6.45, 7) is 9.36. The monoisotopic (exact) mass is 557 g/mol. The molecule has 37 heavy (non-hydrogen) atoms. The third-order valence-electron chi connectivity index (χ3n) is 8.26. The van der Waals surface area contributed by atoms with Crippen LogP contribution in [-0.4, -0.2) is 37.0 Å². The zero-order valence-corrected chi connectivity index (χ0v) is 28.6. The SMILES string of the molecule is CCCCCCCCP(CCCCCCCC)CCCP(CCCCCCCC)CCCCCCCC. The lowest BCUT2D eigenvalue weighted by atomic mass is 10.1. The fraction of sp³-hybridized carbons (Fsp3) is 1.00. The second-order valence-corrected chi connectivity index (χ2v) is 17.5. The highest BCUT2D eigenvalue weighted by atomic mass is 31.1. The van der Waals surface area contributed by atoms with Crippen LogP contribution < -0.4 is 0 Å². The quantitative estimate of drug-likeness (QED) is 0.0571. The summed E-state index contributed by atoms with van der Waals surface area (Å²) in [5, 5.41) is 0. The van der Waals surface area contributed by atoms with Gasteiger partial charge in [0, 0.05) is 0 Å². The van der Waals surface area contributed by atoms with Gasteiger partial charge >= 0.3 is 0 Å². The van der Waals surface area contributed by atoms with Crippen molar-refractivity contribution < 1.29 is 0 Å². The molecule has 0 amide bonds. The van der Waals surface area contributed by atoms with Crippen LogP contribution in [-0.2, 0) is 0 Å². The van der Waals surface area contributed by atoms with Crippen molar-refractivity contribution in [3.63, 3.8) is 0 Å². The Kier molecular flexibility index (Phi) is 33.8. The van der Waals surface area contributed by atoms with E-state index in [2.05, 4.69) is 27.7 Å². The molecule has 0 aliphatic rings. The largest absolute Gasteiger partial charge is 0.107 e. The summed E-state index contributed by atoms with van der Waals surface area (Å²) in [5.74, 6) is 0. The molecule has 0 heterocycles. The number of unbranched alkanes of at least 4 members (excludes halogenated alkanes) is 20. The van der Waals surface area contributed by atoms with Gasteiger partial charge in [0.05, 0.1) is 0 Å². The summed E-state index contributed by atoms with van der Waals surface area (Å²) in [5.41, 5.74) is 0. The maximum atomic E-state index is 2.34. The molecule has 0 radical (unpaired) electrons. The minimum absolute atomic E-state index is 0.324. The van der Waals surface area contributed by atoms with E-state index in [0.717, 1.165) is 0 Å². The third-order valence-corrected chi connectivity index (χ3v) is 14.0. The van der Waals surface area contributed by atoms with E-state index in [1.807, 2.05) is 0 Å². The molecule has 0 rings (SSSR count). The lowest BCUT2D eigenvalue weighted by Crippen LogP contribution is -2.02. The first kappa shape index (κ1) is 37.9. The molecule has 0 aliphatic heterocycles.